The van der Waals surface area contributed by atoms with Gasteiger partial charge in [0.25, 0.3) is 13.4 Å². The lowest BCUT2D eigenvalue weighted by Crippen LogP contribution is -2.63. The molecule has 0 radical (unpaired) electrons. The topological polar surface area (TPSA) is 29.9 Å². The zero-order valence-corrected chi connectivity index (χ0v) is 49.6. The normalized spacial score (nSPS) is 13.5. The van der Waals surface area contributed by atoms with Crippen LogP contribution in [-0.4, -0.2) is 18.0 Å². The van der Waals surface area contributed by atoms with E-state index in [4.69, 9.17) is 9.47 Å². The third-order valence-corrected chi connectivity index (χ3v) is 18.8. The van der Waals surface area contributed by atoms with Gasteiger partial charge in [-0.15, -0.1) is 0 Å². The molecule has 0 aliphatic carbocycles. The second-order valence-corrected chi connectivity index (χ2v) is 26.0. The molecule has 414 valence electrons. The van der Waals surface area contributed by atoms with Gasteiger partial charge in [-0.1, -0.05) is 236 Å². The number of hydrogen-bond acceptors (Lipinski definition) is 4. The van der Waals surface area contributed by atoms with Gasteiger partial charge < -0.3 is 23.8 Å². The highest BCUT2D eigenvalue weighted by molar-refractivity contribution is 7.02. The van der Waals surface area contributed by atoms with Crippen LogP contribution in [0.1, 0.15) is 52.7 Å². The van der Waals surface area contributed by atoms with Crippen LogP contribution in [0.4, 0.5) is 34.1 Å². The van der Waals surface area contributed by atoms with Gasteiger partial charge in [0.15, 0.2) is 0 Å². The SMILES string of the molecule is CC(C)(C)c1cc2c3c(c1)N(c1ccccc1-c1ccccc1)c1cc(-n4c5ccccc5c5ccccc54)ccc1B3c1cc3c(cc1O2)N(c1c(-c2ccccc2)cccc1-c1ccccc1)c1cc(C(C)(C)C)cc2c1B3c1ccccc1O2. The van der Waals surface area contributed by atoms with Crippen LogP contribution in [0.15, 0.2) is 261 Å². The molecule has 0 unspecified atom stereocenters. The Morgan fingerprint density at radius 3 is 1.40 bits per heavy atom. The summed E-state index contributed by atoms with van der Waals surface area (Å²) >= 11 is 0. The maximum absolute atomic E-state index is 7.79. The molecule has 87 heavy (non-hydrogen) atoms. The molecule has 4 aliphatic rings. The van der Waals surface area contributed by atoms with E-state index in [9.17, 15) is 0 Å². The van der Waals surface area contributed by atoms with Crippen molar-refractivity contribution >= 4 is 102 Å². The van der Waals surface area contributed by atoms with Gasteiger partial charge in [-0.25, -0.2) is 0 Å². The van der Waals surface area contributed by atoms with Gasteiger partial charge in [-0.3, -0.25) is 0 Å². The van der Waals surface area contributed by atoms with E-state index in [1.54, 1.807) is 0 Å². The van der Waals surface area contributed by atoms with Gasteiger partial charge in [-0.05, 0) is 132 Å². The van der Waals surface area contributed by atoms with Gasteiger partial charge in [0.1, 0.15) is 23.0 Å². The minimum Gasteiger partial charge on any atom is -0.458 e. The first kappa shape index (κ1) is 51.2. The molecule has 12 aromatic carbocycles. The Morgan fingerprint density at radius 1 is 0.310 bits per heavy atom. The summed E-state index contributed by atoms with van der Waals surface area (Å²) in [5.41, 5.74) is 25.9. The molecule has 17 rings (SSSR count). The summed E-state index contributed by atoms with van der Waals surface area (Å²) < 4.78 is 17.5. The number of hydrogen-bond donors (Lipinski definition) is 0. The molecule has 0 bridgehead atoms. The minimum atomic E-state index is -0.232. The molecule has 4 aliphatic heterocycles. The molecule has 0 saturated carbocycles. The fraction of sp³-hybridized carbons (Fsp3) is 0.100. The first-order valence-corrected chi connectivity index (χ1v) is 30.5. The Labute approximate surface area is 509 Å². The first-order chi connectivity index (χ1) is 42.4. The standard InChI is InChI=1S/C80H61B2N3O2/c1-79(2,3)53-43-70-76-75(46-53)87-73-49-69-63(48-64(73)81(76)61-42-41-55(83-66-38-21-17-32-59(66)60-33-18-22-39-67(60)83)47-68(61)84(70)65-37-20-16-31-56(65)50-25-10-7-11-26-50)82-62-36-19-23-40-72(62)86-74-45-54(80(4,5)6)44-71(77(74)82)85(69)78-57(51-27-12-8-13-28-51)34-24-35-58(78)52-29-14-9-15-30-52/h7-49H,1-6H3. The summed E-state index contributed by atoms with van der Waals surface area (Å²) in [7, 11) is 0. The van der Waals surface area contributed by atoms with Gasteiger partial charge >= 0.3 is 0 Å². The number of para-hydroxylation sites is 5. The molecule has 7 heteroatoms. The fourth-order valence-corrected chi connectivity index (χ4v) is 14.6. The molecule has 1 aromatic heterocycles. The zero-order chi connectivity index (χ0) is 58.4. The maximum Gasteiger partial charge on any atom is 0.256 e. The number of anilines is 6. The van der Waals surface area contributed by atoms with E-state index >= 15 is 0 Å². The molecular formula is C80H61B2N3O2. The van der Waals surface area contributed by atoms with Crippen LogP contribution >= 0.6 is 0 Å². The van der Waals surface area contributed by atoms with Gasteiger partial charge in [0.05, 0.1) is 22.4 Å². The summed E-state index contributed by atoms with van der Waals surface area (Å²) in [6.07, 6.45) is 0. The molecule has 13 aromatic rings. The van der Waals surface area contributed by atoms with Crippen LogP contribution in [0.2, 0.25) is 0 Å². The Bertz CT molecular complexity index is 4870. The van der Waals surface area contributed by atoms with Crippen molar-refractivity contribution in [3.63, 3.8) is 0 Å². The quantitative estimate of drug-likeness (QED) is 0.155. The number of fused-ring (bicyclic) bond motifs is 11. The van der Waals surface area contributed by atoms with Crippen molar-refractivity contribution in [2.45, 2.75) is 52.4 Å². The molecule has 0 fully saturated rings. The number of rotatable bonds is 6. The van der Waals surface area contributed by atoms with E-state index in [-0.39, 0.29) is 24.3 Å². The lowest BCUT2D eigenvalue weighted by atomic mass is 9.31. The predicted molar refractivity (Wildman–Crippen MR) is 366 cm³/mol. The number of ether oxygens (including phenoxy) is 2. The van der Waals surface area contributed by atoms with E-state index < -0.39 is 0 Å². The van der Waals surface area contributed by atoms with Gasteiger partial charge in [0, 0.05) is 62.0 Å². The first-order valence-electron chi connectivity index (χ1n) is 30.5. The van der Waals surface area contributed by atoms with Crippen LogP contribution in [-0.2, 0) is 10.8 Å². The molecular weight excluding hydrogens is 1060 g/mol. The second-order valence-electron chi connectivity index (χ2n) is 26.0. The third-order valence-electron chi connectivity index (χ3n) is 18.8. The molecule has 0 atom stereocenters. The predicted octanol–water partition coefficient (Wildman–Crippen LogP) is 17.2. The zero-order valence-electron chi connectivity index (χ0n) is 49.6. The molecule has 0 amide bonds. The van der Waals surface area contributed by atoms with Crippen LogP contribution in [0.5, 0.6) is 23.0 Å². The van der Waals surface area contributed by atoms with Crippen molar-refractivity contribution in [2.24, 2.45) is 0 Å². The number of nitrogens with zero attached hydrogens (tertiary/aromatic N) is 3. The maximum atomic E-state index is 7.79. The highest BCUT2D eigenvalue weighted by Gasteiger charge is 2.48. The lowest BCUT2D eigenvalue weighted by molar-refractivity contribution is 0.482. The van der Waals surface area contributed by atoms with E-state index in [0.717, 1.165) is 118 Å². The number of aromatic nitrogens is 1. The molecule has 5 nitrogen and oxygen atoms in total. The minimum absolute atomic E-state index is 0.172. The summed E-state index contributed by atoms with van der Waals surface area (Å²) in [5.74, 6) is 3.49. The molecule has 0 N–H and O–H groups in total. The molecule has 0 saturated heterocycles. The van der Waals surface area contributed by atoms with Crippen LogP contribution < -0.4 is 52.1 Å². The summed E-state index contributed by atoms with van der Waals surface area (Å²) in [6, 6.07) is 96.6. The largest absolute Gasteiger partial charge is 0.458 e. The smallest absolute Gasteiger partial charge is 0.256 e. The summed E-state index contributed by atoms with van der Waals surface area (Å²) in [6.45, 7) is 13.5. The monoisotopic (exact) mass is 1120 g/mol. The van der Waals surface area contributed by atoms with E-state index in [0.29, 0.717) is 0 Å². The van der Waals surface area contributed by atoms with E-state index in [2.05, 4.69) is 317 Å². The van der Waals surface area contributed by atoms with E-state index in [1.165, 1.54) is 43.9 Å². The Balaban J connectivity index is 0.987. The number of benzene rings is 12. The summed E-state index contributed by atoms with van der Waals surface area (Å²) in [5, 5.41) is 2.46. The van der Waals surface area contributed by atoms with Crippen molar-refractivity contribution in [1.29, 1.82) is 0 Å². The van der Waals surface area contributed by atoms with Gasteiger partial charge in [0.2, 0.25) is 0 Å². The van der Waals surface area contributed by atoms with Crippen LogP contribution in [0.3, 0.4) is 0 Å². The van der Waals surface area contributed by atoms with Crippen molar-refractivity contribution in [1.82, 2.24) is 4.57 Å². The molecule has 5 heterocycles. The highest BCUT2D eigenvalue weighted by Crippen LogP contribution is 2.52. The van der Waals surface area contributed by atoms with Crippen molar-refractivity contribution in [2.75, 3.05) is 9.80 Å². The Morgan fingerprint density at radius 2 is 0.793 bits per heavy atom. The van der Waals surface area contributed by atoms with E-state index in [1.807, 2.05) is 0 Å². The van der Waals surface area contributed by atoms with Gasteiger partial charge in [-0.2, -0.15) is 0 Å². The van der Waals surface area contributed by atoms with Crippen molar-refractivity contribution in [3.8, 4) is 62.1 Å². The van der Waals surface area contributed by atoms with Crippen LogP contribution in [0, 0.1) is 0 Å². The Hall–Kier alpha value is -10.2. The average Bonchev–Trinajstić information content (AvgIpc) is 1.15. The second kappa shape index (κ2) is 19.1. The van der Waals surface area contributed by atoms with Crippen molar-refractivity contribution < 1.29 is 9.47 Å². The highest BCUT2D eigenvalue weighted by atomic mass is 16.5. The van der Waals surface area contributed by atoms with Crippen molar-refractivity contribution in [3.05, 3.63) is 272 Å². The van der Waals surface area contributed by atoms with Crippen LogP contribution in [0.25, 0.3) is 60.9 Å². The summed E-state index contributed by atoms with van der Waals surface area (Å²) in [4.78, 5) is 5.14. The Kier molecular flexibility index (Phi) is 11.3. The third kappa shape index (κ3) is 7.88. The molecule has 0 spiro atoms. The average molecular weight is 1120 g/mol. The fourth-order valence-electron chi connectivity index (χ4n) is 14.6. The lowest BCUT2D eigenvalue weighted by Gasteiger charge is -2.44.